The third-order valence-electron chi connectivity index (χ3n) is 4.21. The molecule has 0 radical (unpaired) electrons. The summed E-state index contributed by atoms with van der Waals surface area (Å²) in [7, 11) is 1.72. The molecule has 2 atom stereocenters. The van der Waals surface area contributed by atoms with E-state index in [0.29, 0.717) is 31.0 Å². The first kappa shape index (κ1) is 14.3. The number of rotatable bonds is 5. The molecule has 0 aromatic heterocycles. The van der Waals surface area contributed by atoms with E-state index in [4.69, 9.17) is 0 Å². The van der Waals surface area contributed by atoms with Gasteiger partial charge in [0.2, 0.25) is 11.8 Å². The Morgan fingerprint density at radius 2 is 1.89 bits per heavy atom. The van der Waals surface area contributed by atoms with E-state index < -0.39 is 0 Å². The number of likely N-dealkylation sites (N-methyl/N-ethyl adjacent to an activating group) is 2. The normalized spacial score (nSPS) is 29.1. The highest BCUT2D eigenvalue weighted by Gasteiger charge is 2.34. The zero-order valence-corrected chi connectivity index (χ0v) is 11.9. The minimum absolute atomic E-state index is 0.0799. The Bertz CT molecular complexity index is 334. The van der Waals surface area contributed by atoms with Crippen LogP contribution in [0.1, 0.15) is 39.0 Å². The van der Waals surface area contributed by atoms with Gasteiger partial charge in [-0.05, 0) is 38.5 Å². The SMILES string of the molecule is CCNC(=O)CN(C)C(=O)CC1CC2CCC(C1)N2. The van der Waals surface area contributed by atoms with Crippen LogP contribution in [0.3, 0.4) is 0 Å². The van der Waals surface area contributed by atoms with Gasteiger partial charge in [-0.3, -0.25) is 9.59 Å². The predicted molar refractivity (Wildman–Crippen MR) is 73.6 cm³/mol. The van der Waals surface area contributed by atoms with Crippen LogP contribution in [0.2, 0.25) is 0 Å². The second-order valence-electron chi connectivity index (χ2n) is 5.88. The molecule has 2 fully saturated rings. The van der Waals surface area contributed by atoms with E-state index in [0.717, 1.165) is 12.8 Å². The maximum absolute atomic E-state index is 12.1. The number of amides is 2. The number of nitrogens with zero attached hydrogens (tertiary/aromatic N) is 1. The van der Waals surface area contributed by atoms with E-state index in [2.05, 4.69) is 10.6 Å². The number of nitrogens with one attached hydrogen (secondary N) is 2. The molecule has 0 aliphatic carbocycles. The Hall–Kier alpha value is -1.10. The highest BCUT2D eigenvalue weighted by Crippen LogP contribution is 2.32. The van der Waals surface area contributed by atoms with Crippen molar-refractivity contribution in [2.75, 3.05) is 20.1 Å². The second kappa shape index (κ2) is 6.37. The summed E-state index contributed by atoms with van der Waals surface area (Å²) in [5, 5.41) is 6.30. The number of carbonyl (C=O) groups excluding carboxylic acids is 2. The molecule has 2 aliphatic rings. The fraction of sp³-hybridized carbons (Fsp3) is 0.857. The van der Waals surface area contributed by atoms with Crippen molar-refractivity contribution in [2.45, 2.75) is 51.1 Å². The van der Waals surface area contributed by atoms with Crippen molar-refractivity contribution in [3.05, 3.63) is 0 Å². The van der Waals surface area contributed by atoms with Crippen molar-refractivity contribution in [2.24, 2.45) is 5.92 Å². The van der Waals surface area contributed by atoms with E-state index in [9.17, 15) is 9.59 Å². The summed E-state index contributed by atoms with van der Waals surface area (Å²) in [5.41, 5.74) is 0. The summed E-state index contributed by atoms with van der Waals surface area (Å²) in [6.45, 7) is 2.66. The van der Waals surface area contributed by atoms with Crippen molar-refractivity contribution in [3.8, 4) is 0 Å². The van der Waals surface area contributed by atoms with Crippen LogP contribution in [0.25, 0.3) is 0 Å². The molecule has 2 rings (SSSR count). The molecule has 2 aliphatic heterocycles. The van der Waals surface area contributed by atoms with E-state index in [1.54, 1.807) is 11.9 Å². The standard InChI is InChI=1S/C14H25N3O2/c1-3-15-13(18)9-17(2)14(19)8-10-6-11-4-5-12(7-10)16-11/h10-12,16H,3-9H2,1-2H3,(H,15,18). The number of fused-ring (bicyclic) bond motifs is 2. The lowest BCUT2D eigenvalue weighted by Crippen LogP contribution is -2.42. The topological polar surface area (TPSA) is 61.4 Å². The average molecular weight is 267 g/mol. The van der Waals surface area contributed by atoms with Crippen LogP contribution in [0, 0.1) is 5.92 Å². The van der Waals surface area contributed by atoms with Crippen LogP contribution in [-0.2, 0) is 9.59 Å². The molecule has 2 amide bonds. The molecule has 19 heavy (non-hydrogen) atoms. The summed E-state index contributed by atoms with van der Waals surface area (Å²) < 4.78 is 0. The van der Waals surface area contributed by atoms with E-state index >= 15 is 0 Å². The second-order valence-corrected chi connectivity index (χ2v) is 5.88. The van der Waals surface area contributed by atoms with Gasteiger partial charge in [-0.15, -0.1) is 0 Å². The molecular weight excluding hydrogens is 242 g/mol. The number of hydrogen-bond acceptors (Lipinski definition) is 3. The van der Waals surface area contributed by atoms with Crippen molar-refractivity contribution in [3.63, 3.8) is 0 Å². The Morgan fingerprint density at radius 1 is 1.26 bits per heavy atom. The van der Waals surface area contributed by atoms with Gasteiger partial charge < -0.3 is 15.5 Å². The van der Waals surface area contributed by atoms with Gasteiger partial charge in [-0.25, -0.2) is 0 Å². The number of carbonyl (C=O) groups is 2. The van der Waals surface area contributed by atoms with Crippen LogP contribution in [0.5, 0.6) is 0 Å². The van der Waals surface area contributed by atoms with E-state index in [1.807, 2.05) is 6.92 Å². The zero-order chi connectivity index (χ0) is 13.8. The van der Waals surface area contributed by atoms with Gasteiger partial charge in [0.15, 0.2) is 0 Å². The lowest BCUT2D eigenvalue weighted by molar-refractivity contribution is -0.135. The van der Waals surface area contributed by atoms with Gasteiger partial charge in [0.1, 0.15) is 0 Å². The third kappa shape index (κ3) is 3.93. The van der Waals surface area contributed by atoms with Crippen LogP contribution >= 0.6 is 0 Å². The maximum Gasteiger partial charge on any atom is 0.239 e. The molecule has 0 aromatic carbocycles. The highest BCUT2D eigenvalue weighted by molar-refractivity contribution is 5.84. The van der Waals surface area contributed by atoms with Gasteiger partial charge >= 0.3 is 0 Å². The predicted octanol–water partition coefficient (Wildman–Crippen LogP) is 0.502. The zero-order valence-electron chi connectivity index (χ0n) is 11.9. The van der Waals surface area contributed by atoms with Gasteiger partial charge in [-0.1, -0.05) is 0 Å². The molecule has 108 valence electrons. The first-order valence-electron chi connectivity index (χ1n) is 7.35. The summed E-state index contributed by atoms with van der Waals surface area (Å²) in [4.78, 5) is 25.1. The molecule has 5 nitrogen and oxygen atoms in total. The number of piperidine rings is 1. The lowest BCUT2D eigenvalue weighted by Gasteiger charge is -2.29. The summed E-state index contributed by atoms with van der Waals surface area (Å²) in [6, 6.07) is 1.23. The molecule has 0 saturated carbocycles. The smallest absolute Gasteiger partial charge is 0.239 e. The summed E-state index contributed by atoms with van der Waals surface area (Å²) in [6.07, 6.45) is 5.31. The van der Waals surface area contributed by atoms with Crippen molar-refractivity contribution < 1.29 is 9.59 Å². The third-order valence-corrected chi connectivity index (χ3v) is 4.21. The molecule has 0 spiro atoms. The molecule has 2 saturated heterocycles. The van der Waals surface area contributed by atoms with Crippen LogP contribution in [-0.4, -0.2) is 48.9 Å². The first-order chi connectivity index (χ1) is 9.08. The maximum atomic E-state index is 12.1. The van der Waals surface area contributed by atoms with Crippen molar-refractivity contribution in [1.82, 2.24) is 15.5 Å². The molecule has 2 N–H and O–H groups in total. The van der Waals surface area contributed by atoms with Gasteiger partial charge in [0.25, 0.3) is 0 Å². The molecular formula is C14H25N3O2. The van der Waals surface area contributed by atoms with Crippen molar-refractivity contribution >= 4 is 11.8 Å². The van der Waals surface area contributed by atoms with E-state index in [1.165, 1.54) is 12.8 Å². The summed E-state index contributed by atoms with van der Waals surface area (Å²) >= 11 is 0. The molecule has 2 bridgehead atoms. The van der Waals surface area contributed by atoms with Crippen LogP contribution in [0.4, 0.5) is 0 Å². The first-order valence-corrected chi connectivity index (χ1v) is 7.35. The molecule has 5 heteroatoms. The molecule has 2 heterocycles. The average Bonchev–Trinajstić information content (AvgIpc) is 2.69. The fourth-order valence-corrected chi connectivity index (χ4v) is 3.30. The largest absolute Gasteiger partial charge is 0.355 e. The number of hydrogen-bond donors (Lipinski definition) is 2. The Balaban J connectivity index is 1.75. The lowest BCUT2D eigenvalue weighted by atomic mass is 9.89. The van der Waals surface area contributed by atoms with Crippen LogP contribution < -0.4 is 10.6 Å². The van der Waals surface area contributed by atoms with Crippen LogP contribution in [0.15, 0.2) is 0 Å². The minimum Gasteiger partial charge on any atom is -0.355 e. The quantitative estimate of drug-likeness (QED) is 0.762. The Labute approximate surface area is 115 Å². The summed E-state index contributed by atoms with van der Waals surface area (Å²) in [5.74, 6) is 0.504. The minimum atomic E-state index is -0.0799. The van der Waals surface area contributed by atoms with Crippen molar-refractivity contribution in [1.29, 1.82) is 0 Å². The monoisotopic (exact) mass is 267 g/mol. The molecule has 2 unspecified atom stereocenters. The fourth-order valence-electron chi connectivity index (χ4n) is 3.30. The van der Waals surface area contributed by atoms with Gasteiger partial charge in [-0.2, -0.15) is 0 Å². The van der Waals surface area contributed by atoms with Gasteiger partial charge in [0, 0.05) is 32.1 Å². The Morgan fingerprint density at radius 3 is 2.47 bits per heavy atom. The Kier molecular flexibility index (Phi) is 4.80. The van der Waals surface area contributed by atoms with Gasteiger partial charge in [0.05, 0.1) is 6.54 Å². The van der Waals surface area contributed by atoms with E-state index in [-0.39, 0.29) is 18.4 Å². The highest BCUT2D eigenvalue weighted by atomic mass is 16.2. The molecule has 0 aromatic rings.